The van der Waals surface area contributed by atoms with Gasteiger partial charge in [0.2, 0.25) is 5.95 Å². The van der Waals surface area contributed by atoms with Gasteiger partial charge in [0.25, 0.3) is 5.91 Å². The Morgan fingerprint density at radius 3 is 2.81 bits per heavy atom. The Bertz CT molecular complexity index is 745. The number of carbonyl (C=O) groups is 2. The van der Waals surface area contributed by atoms with Crippen molar-refractivity contribution < 1.29 is 19.1 Å². The maximum Gasteiger partial charge on any atom is 0.335 e. The fourth-order valence-electron chi connectivity index (χ4n) is 2.44. The SMILES string of the molecule is O=C(O)c1ccc2c(c1)CCN2C(=O)c1cccnc1F. The van der Waals surface area contributed by atoms with Crippen LogP contribution in [-0.2, 0) is 6.42 Å². The van der Waals surface area contributed by atoms with Crippen LogP contribution in [0, 0.1) is 5.95 Å². The Kier molecular flexibility index (Phi) is 3.13. The van der Waals surface area contributed by atoms with E-state index in [1.807, 2.05) is 0 Å². The minimum Gasteiger partial charge on any atom is -0.478 e. The number of hydrogen-bond donors (Lipinski definition) is 1. The summed E-state index contributed by atoms with van der Waals surface area (Å²) in [7, 11) is 0. The third-order valence-electron chi connectivity index (χ3n) is 3.46. The van der Waals surface area contributed by atoms with Crippen molar-refractivity contribution in [3.8, 4) is 0 Å². The molecule has 0 saturated heterocycles. The fraction of sp³-hybridized carbons (Fsp3) is 0.133. The minimum absolute atomic E-state index is 0.0901. The number of pyridine rings is 1. The predicted octanol–water partition coefficient (Wildman–Crippen LogP) is 2.12. The van der Waals surface area contributed by atoms with Crippen LogP contribution >= 0.6 is 0 Å². The first-order valence-corrected chi connectivity index (χ1v) is 6.36. The van der Waals surface area contributed by atoms with Crippen molar-refractivity contribution in [2.24, 2.45) is 0 Å². The average molecular weight is 286 g/mol. The second-order valence-corrected chi connectivity index (χ2v) is 4.70. The predicted molar refractivity (Wildman–Crippen MR) is 73.0 cm³/mol. The Hall–Kier alpha value is -2.76. The van der Waals surface area contributed by atoms with Crippen LogP contribution in [-0.4, -0.2) is 28.5 Å². The van der Waals surface area contributed by atoms with Crippen molar-refractivity contribution >= 4 is 17.6 Å². The molecule has 0 spiro atoms. The van der Waals surface area contributed by atoms with Gasteiger partial charge in [-0.1, -0.05) is 0 Å². The molecule has 2 aromatic rings. The molecule has 0 saturated carbocycles. The van der Waals surface area contributed by atoms with Gasteiger partial charge in [-0.15, -0.1) is 0 Å². The van der Waals surface area contributed by atoms with E-state index >= 15 is 0 Å². The number of aromatic nitrogens is 1. The summed E-state index contributed by atoms with van der Waals surface area (Å²) in [5.41, 5.74) is 1.48. The molecule has 3 rings (SSSR count). The molecule has 0 fully saturated rings. The van der Waals surface area contributed by atoms with E-state index in [-0.39, 0.29) is 11.1 Å². The molecule has 5 nitrogen and oxygen atoms in total. The molecule has 6 heteroatoms. The molecule has 21 heavy (non-hydrogen) atoms. The van der Waals surface area contributed by atoms with Crippen LogP contribution < -0.4 is 4.90 Å². The van der Waals surface area contributed by atoms with Gasteiger partial charge in [-0.2, -0.15) is 4.39 Å². The average Bonchev–Trinajstić information content (AvgIpc) is 2.90. The highest BCUT2D eigenvalue weighted by atomic mass is 19.1. The zero-order chi connectivity index (χ0) is 15.0. The molecule has 0 bridgehead atoms. The van der Waals surface area contributed by atoms with Gasteiger partial charge in [0, 0.05) is 18.4 Å². The van der Waals surface area contributed by atoms with Gasteiger partial charge in [-0.05, 0) is 42.3 Å². The topological polar surface area (TPSA) is 70.5 Å². The minimum atomic E-state index is -1.01. The molecular formula is C15H11FN2O3. The number of benzene rings is 1. The first-order chi connectivity index (χ1) is 10.1. The third kappa shape index (κ3) is 2.24. The molecule has 0 aliphatic carbocycles. The maximum atomic E-state index is 13.6. The first-order valence-electron chi connectivity index (χ1n) is 6.36. The van der Waals surface area contributed by atoms with Crippen molar-refractivity contribution in [2.75, 3.05) is 11.4 Å². The summed E-state index contributed by atoms with van der Waals surface area (Å²) in [5, 5.41) is 8.97. The standard InChI is InChI=1S/C15H11FN2O3/c16-13-11(2-1-6-17-13)14(19)18-7-5-9-8-10(15(20)21)3-4-12(9)18/h1-4,6,8H,5,7H2,(H,20,21). The Morgan fingerprint density at radius 1 is 1.29 bits per heavy atom. The molecule has 1 aliphatic rings. The van der Waals surface area contributed by atoms with Crippen LogP contribution in [0.15, 0.2) is 36.5 Å². The number of carbonyl (C=O) groups excluding carboxylic acids is 1. The first kappa shape index (κ1) is 13.2. The zero-order valence-corrected chi connectivity index (χ0v) is 10.9. The largest absolute Gasteiger partial charge is 0.478 e. The van der Waals surface area contributed by atoms with Crippen molar-refractivity contribution in [3.05, 3.63) is 59.2 Å². The Balaban J connectivity index is 1.96. The maximum absolute atomic E-state index is 13.6. The van der Waals surface area contributed by atoms with Crippen molar-refractivity contribution in [1.29, 1.82) is 0 Å². The summed E-state index contributed by atoms with van der Waals surface area (Å²) in [4.78, 5) is 28.2. The van der Waals surface area contributed by atoms with Crippen molar-refractivity contribution in [3.63, 3.8) is 0 Å². The van der Waals surface area contributed by atoms with E-state index in [0.29, 0.717) is 18.7 Å². The second kappa shape index (κ2) is 4.97. The lowest BCUT2D eigenvalue weighted by Crippen LogP contribution is -2.29. The number of nitrogens with zero attached hydrogens (tertiary/aromatic N) is 2. The summed E-state index contributed by atoms with van der Waals surface area (Å²) in [6.07, 6.45) is 1.83. The lowest BCUT2D eigenvalue weighted by Gasteiger charge is -2.17. The monoisotopic (exact) mass is 286 g/mol. The number of fused-ring (bicyclic) bond motifs is 1. The van der Waals surface area contributed by atoms with E-state index in [4.69, 9.17) is 5.11 Å². The number of aromatic carboxylic acids is 1. The normalized spacial score (nSPS) is 13.1. The fourth-order valence-corrected chi connectivity index (χ4v) is 2.44. The molecule has 0 unspecified atom stereocenters. The van der Waals surface area contributed by atoms with E-state index in [1.54, 1.807) is 12.1 Å². The summed E-state index contributed by atoms with van der Waals surface area (Å²) in [6.45, 7) is 0.394. The van der Waals surface area contributed by atoms with E-state index < -0.39 is 17.8 Å². The number of halogens is 1. The van der Waals surface area contributed by atoms with Gasteiger partial charge in [0.15, 0.2) is 0 Å². The molecule has 2 heterocycles. The summed E-state index contributed by atoms with van der Waals surface area (Å²) >= 11 is 0. The van der Waals surface area contributed by atoms with Crippen LogP contribution in [0.2, 0.25) is 0 Å². The molecule has 1 N–H and O–H groups in total. The molecular weight excluding hydrogens is 275 g/mol. The van der Waals surface area contributed by atoms with Gasteiger partial charge in [-0.25, -0.2) is 9.78 Å². The van der Waals surface area contributed by atoms with Crippen molar-refractivity contribution in [1.82, 2.24) is 4.98 Å². The quantitative estimate of drug-likeness (QED) is 0.858. The number of amides is 1. The number of carboxylic acids is 1. The summed E-state index contributed by atoms with van der Waals surface area (Å²) < 4.78 is 13.6. The van der Waals surface area contributed by atoms with Crippen LogP contribution in [0.5, 0.6) is 0 Å². The van der Waals surface area contributed by atoms with E-state index in [2.05, 4.69) is 4.98 Å². The molecule has 1 aromatic heterocycles. The number of carboxylic acid groups (broad SMARTS) is 1. The van der Waals surface area contributed by atoms with E-state index in [1.165, 1.54) is 29.3 Å². The summed E-state index contributed by atoms with van der Waals surface area (Å²) in [5.74, 6) is -2.29. The number of rotatable bonds is 2. The summed E-state index contributed by atoms with van der Waals surface area (Å²) in [6, 6.07) is 7.45. The van der Waals surface area contributed by atoms with E-state index in [9.17, 15) is 14.0 Å². The molecule has 106 valence electrons. The molecule has 0 atom stereocenters. The van der Waals surface area contributed by atoms with Crippen LogP contribution in [0.1, 0.15) is 26.3 Å². The lowest BCUT2D eigenvalue weighted by molar-refractivity contribution is 0.0696. The number of anilines is 1. The van der Waals surface area contributed by atoms with Gasteiger partial charge in [0.1, 0.15) is 0 Å². The molecule has 1 aromatic carbocycles. The Morgan fingerprint density at radius 2 is 2.10 bits per heavy atom. The van der Waals surface area contributed by atoms with E-state index in [0.717, 1.165) is 5.56 Å². The molecule has 1 aliphatic heterocycles. The van der Waals surface area contributed by atoms with Gasteiger partial charge in [0.05, 0.1) is 11.1 Å². The molecule has 1 amide bonds. The molecule has 0 radical (unpaired) electrons. The zero-order valence-electron chi connectivity index (χ0n) is 10.9. The van der Waals surface area contributed by atoms with Gasteiger partial charge >= 0.3 is 5.97 Å². The van der Waals surface area contributed by atoms with Crippen molar-refractivity contribution in [2.45, 2.75) is 6.42 Å². The highest BCUT2D eigenvalue weighted by Gasteiger charge is 2.28. The van der Waals surface area contributed by atoms with Crippen LogP contribution in [0.3, 0.4) is 0 Å². The van der Waals surface area contributed by atoms with Crippen LogP contribution in [0.25, 0.3) is 0 Å². The van der Waals surface area contributed by atoms with Gasteiger partial charge in [-0.3, -0.25) is 4.79 Å². The Labute approximate surface area is 119 Å². The van der Waals surface area contributed by atoms with Gasteiger partial charge < -0.3 is 10.0 Å². The smallest absolute Gasteiger partial charge is 0.335 e. The highest BCUT2D eigenvalue weighted by molar-refractivity contribution is 6.07. The van der Waals surface area contributed by atoms with Crippen LogP contribution in [0.4, 0.5) is 10.1 Å². The number of hydrogen-bond acceptors (Lipinski definition) is 3. The third-order valence-corrected chi connectivity index (χ3v) is 3.46. The highest BCUT2D eigenvalue weighted by Crippen LogP contribution is 2.30. The second-order valence-electron chi connectivity index (χ2n) is 4.70. The lowest BCUT2D eigenvalue weighted by atomic mass is 10.1.